The van der Waals surface area contributed by atoms with E-state index in [1.807, 2.05) is 0 Å². The highest BCUT2D eigenvalue weighted by Crippen LogP contribution is 2.03. The number of aromatic nitrogens is 2. The molecule has 0 radical (unpaired) electrons. The van der Waals surface area contributed by atoms with E-state index in [9.17, 15) is 13.2 Å². The van der Waals surface area contributed by atoms with Crippen molar-refractivity contribution in [1.82, 2.24) is 14.3 Å². The van der Waals surface area contributed by atoms with Gasteiger partial charge in [0.05, 0.1) is 18.6 Å². The Balaban J connectivity index is 2.39. The van der Waals surface area contributed by atoms with Crippen LogP contribution in [0.3, 0.4) is 0 Å². The van der Waals surface area contributed by atoms with Crippen molar-refractivity contribution in [3.63, 3.8) is 0 Å². The lowest BCUT2D eigenvalue weighted by atomic mass is 10.4. The van der Waals surface area contributed by atoms with E-state index in [0.717, 1.165) is 0 Å². The van der Waals surface area contributed by atoms with Crippen LogP contribution in [0.2, 0.25) is 0 Å². The fourth-order valence-electron chi connectivity index (χ4n) is 1.56. The summed E-state index contributed by atoms with van der Waals surface area (Å²) >= 11 is 0. The number of rotatable bonds is 8. The number of sulfonamides is 1. The van der Waals surface area contributed by atoms with Gasteiger partial charge in [-0.25, -0.2) is 27.5 Å². The van der Waals surface area contributed by atoms with Crippen molar-refractivity contribution < 1.29 is 18.3 Å². The Morgan fingerprint density at radius 1 is 1.40 bits per heavy atom. The number of carbonyl (C=O) groups is 1. The molecule has 1 aromatic rings. The molecule has 8 nitrogen and oxygen atoms in total. The highest BCUT2D eigenvalue weighted by atomic mass is 32.2. The Morgan fingerprint density at radius 3 is 2.55 bits per heavy atom. The molecule has 0 aromatic carbocycles. The highest BCUT2D eigenvalue weighted by molar-refractivity contribution is 7.88. The molecule has 0 aliphatic rings. The molecule has 0 bridgehead atoms. The molecule has 0 saturated carbocycles. The molecular formula is C11H18N4O4S. The third kappa shape index (κ3) is 5.10. The van der Waals surface area contributed by atoms with E-state index in [4.69, 9.17) is 5.11 Å². The lowest BCUT2D eigenvalue weighted by molar-refractivity contribution is 0.0690. The lowest BCUT2D eigenvalue weighted by Gasteiger charge is -2.17. The minimum absolute atomic E-state index is 0.121. The Kier molecular flexibility index (Phi) is 5.83. The summed E-state index contributed by atoms with van der Waals surface area (Å²) in [4.78, 5) is 18.2. The molecule has 2 N–H and O–H groups in total. The topological polar surface area (TPSA) is 112 Å². The number of hydrogen-bond donors (Lipinski definition) is 2. The van der Waals surface area contributed by atoms with Crippen molar-refractivity contribution in [1.29, 1.82) is 0 Å². The third-order valence-corrected chi connectivity index (χ3v) is 3.96. The van der Waals surface area contributed by atoms with Gasteiger partial charge < -0.3 is 10.4 Å². The first-order chi connectivity index (χ1) is 9.34. The first-order valence-corrected chi connectivity index (χ1v) is 7.93. The van der Waals surface area contributed by atoms with Gasteiger partial charge in [0, 0.05) is 19.6 Å². The number of anilines is 1. The van der Waals surface area contributed by atoms with E-state index in [0.29, 0.717) is 31.9 Å². The van der Waals surface area contributed by atoms with Gasteiger partial charge >= 0.3 is 5.97 Å². The van der Waals surface area contributed by atoms with E-state index >= 15 is 0 Å². The lowest BCUT2D eigenvalue weighted by Crippen LogP contribution is -2.31. The summed E-state index contributed by atoms with van der Waals surface area (Å²) < 4.78 is 24.1. The highest BCUT2D eigenvalue weighted by Gasteiger charge is 2.13. The molecule has 1 rings (SSSR count). The zero-order valence-electron chi connectivity index (χ0n) is 11.4. The summed E-state index contributed by atoms with van der Waals surface area (Å²) in [5, 5.41) is 11.6. The largest absolute Gasteiger partial charge is 0.476 e. The van der Waals surface area contributed by atoms with E-state index in [2.05, 4.69) is 15.3 Å². The Labute approximate surface area is 117 Å². The van der Waals surface area contributed by atoms with Gasteiger partial charge in [0.1, 0.15) is 5.82 Å². The maximum Gasteiger partial charge on any atom is 0.356 e. The van der Waals surface area contributed by atoms with E-state index in [-0.39, 0.29) is 5.69 Å². The van der Waals surface area contributed by atoms with Crippen LogP contribution in [-0.2, 0) is 10.0 Å². The first-order valence-electron chi connectivity index (χ1n) is 6.09. The molecule has 0 fully saturated rings. The van der Waals surface area contributed by atoms with Crippen molar-refractivity contribution in [3.05, 3.63) is 18.1 Å². The van der Waals surface area contributed by atoms with Crippen molar-refractivity contribution in [2.75, 3.05) is 31.2 Å². The molecule has 0 saturated heterocycles. The van der Waals surface area contributed by atoms with Crippen molar-refractivity contribution in [3.8, 4) is 0 Å². The number of aromatic carboxylic acids is 1. The molecular weight excluding hydrogens is 284 g/mol. The van der Waals surface area contributed by atoms with Gasteiger partial charge in [0.15, 0.2) is 5.69 Å². The first kappa shape index (κ1) is 16.3. The van der Waals surface area contributed by atoms with Gasteiger partial charge in [-0.1, -0.05) is 6.92 Å². The SMILES string of the molecule is CCN(CCCNc1cnc(C(=O)O)cn1)S(C)(=O)=O. The van der Waals surface area contributed by atoms with Crippen molar-refractivity contribution in [2.24, 2.45) is 0 Å². The smallest absolute Gasteiger partial charge is 0.356 e. The zero-order chi connectivity index (χ0) is 15.2. The summed E-state index contributed by atoms with van der Waals surface area (Å²) in [5.74, 6) is -0.673. The van der Waals surface area contributed by atoms with Gasteiger partial charge in [0.25, 0.3) is 0 Å². The van der Waals surface area contributed by atoms with Gasteiger partial charge in [-0.15, -0.1) is 0 Å². The van der Waals surface area contributed by atoms with Crippen LogP contribution in [0.25, 0.3) is 0 Å². The van der Waals surface area contributed by atoms with Crippen LogP contribution in [0.15, 0.2) is 12.4 Å². The molecule has 0 unspecified atom stereocenters. The Bertz CT molecular complexity index is 544. The summed E-state index contributed by atoms with van der Waals surface area (Å²) in [7, 11) is -3.16. The number of nitrogens with one attached hydrogen (secondary N) is 1. The zero-order valence-corrected chi connectivity index (χ0v) is 12.2. The minimum atomic E-state index is -3.16. The second kappa shape index (κ2) is 7.15. The van der Waals surface area contributed by atoms with E-state index in [1.54, 1.807) is 6.92 Å². The average Bonchev–Trinajstić information content (AvgIpc) is 2.37. The second-order valence-corrected chi connectivity index (χ2v) is 6.11. The van der Waals surface area contributed by atoms with Crippen molar-refractivity contribution in [2.45, 2.75) is 13.3 Å². The maximum absolute atomic E-state index is 11.4. The molecule has 0 atom stereocenters. The molecule has 1 aromatic heterocycles. The van der Waals surface area contributed by atoms with Crippen molar-refractivity contribution >= 4 is 21.8 Å². The molecule has 20 heavy (non-hydrogen) atoms. The quantitative estimate of drug-likeness (QED) is 0.662. The predicted octanol–water partition coefficient (Wildman–Crippen LogP) is 0.258. The van der Waals surface area contributed by atoms with Crippen LogP contribution in [-0.4, -0.2) is 59.7 Å². The summed E-state index contributed by atoms with van der Waals surface area (Å²) in [6.07, 6.45) is 4.29. The standard InChI is InChI=1S/C11H18N4O4S/c1-3-15(20(2,18)19)6-4-5-12-10-8-13-9(7-14-10)11(16)17/h7-8H,3-6H2,1-2H3,(H,12,14)(H,16,17). The minimum Gasteiger partial charge on any atom is -0.476 e. The molecule has 112 valence electrons. The number of carboxylic acids is 1. The van der Waals surface area contributed by atoms with E-state index in [1.165, 1.54) is 23.0 Å². The second-order valence-electron chi connectivity index (χ2n) is 4.13. The average molecular weight is 302 g/mol. The normalized spacial score (nSPS) is 11.6. The monoisotopic (exact) mass is 302 g/mol. The molecule has 0 amide bonds. The predicted molar refractivity (Wildman–Crippen MR) is 74.2 cm³/mol. The summed E-state index contributed by atoms with van der Waals surface area (Å²) in [6.45, 7) is 3.16. The van der Waals surface area contributed by atoms with Gasteiger partial charge in [-0.05, 0) is 6.42 Å². The molecule has 0 aliphatic carbocycles. The number of carboxylic acid groups (broad SMARTS) is 1. The number of nitrogens with zero attached hydrogens (tertiary/aromatic N) is 3. The maximum atomic E-state index is 11.4. The van der Waals surface area contributed by atoms with Crippen LogP contribution in [0, 0.1) is 0 Å². The van der Waals surface area contributed by atoms with Crippen LogP contribution in [0.1, 0.15) is 23.8 Å². The molecule has 0 aliphatic heterocycles. The van der Waals surface area contributed by atoms with Crippen LogP contribution >= 0.6 is 0 Å². The summed E-state index contributed by atoms with van der Waals surface area (Å²) in [5.41, 5.74) is -0.121. The van der Waals surface area contributed by atoms with Crippen LogP contribution < -0.4 is 5.32 Å². The molecule has 1 heterocycles. The molecule has 0 spiro atoms. The van der Waals surface area contributed by atoms with E-state index < -0.39 is 16.0 Å². The number of hydrogen-bond acceptors (Lipinski definition) is 6. The Hall–Kier alpha value is -1.74. The van der Waals surface area contributed by atoms with Crippen LogP contribution in [0.5, 0.6) is 0 Å². The molecule has 9 heteroatoms. The fraction of sp³-hybridized carbons (Fsp3) is 0.545. The van der Waals surface area contributed by atoms with Gasteiger partial charge in [-0.2, -0.15) is 0 Å². The fourth-order valence-corrected chi connectivity index (χ4v) is 2.49. The summed E-state index contributed by atoms with van der Waals surface area (Å²) in [6, 6.07) is 0. The third-order valence-electron chi connectivity index (χ3n) is 2.58. The Morgan fingerprint density at radius 2 is 2.10 bits per heavy atom. The van der Waals surface area contributed by atoms with Gasteiger partial charge in [0.2, 0.25) is 10.0 Å². The van der Waals surface area contributed by atoms with Crippen LogP contribution in [0.4, 0.5) is 5.82 Å². The van der Waals surface area contributed by atoms with Gasteiger partial charge in [-0.3, -0.25) is 0 Å².